The van der Waals surface area contributed by atoms with E-state index in [1.54, 1.807) is 0 Å². The lowest BCUT2D eigenvalue weighted by atomic mass is 10.1. The molecule has 0 nitrogen and oxygen atoms in total. The molecule has 0 saturated carbocycles. The molecular weight excluding hydrogens is 524 g/mol. The lowest BCUT2D eigenvalue weighted by molar-refractivity contribution is -0.138. The predicted octanol–water partition coefficient (Wildman–Crippen LogP) is 9.29. The van der Waals surface area contributed by atoms with Crippen molar-refractivity contribution in [2.45, 2.75) is 82.4 Å². The van der Waals surface area contributed by atoms with Crippen LogP contribution in [-0.4, -0.2) is 21.6 Å². The molecule has 0 fully saturated rings. The Kier molecular flexibility index (Phi) is 8.48. The van der Waals surface area contributed by atoms with Gasteiger partial charge in [0.05, 0.1) is 11.1 Å². The molecule has 1 aliphatic carbocycles. The molecule has 2 aromatic rings. The maximum atomic E-state index is 13.3. The lowest BCUT2D eigenvalue weighted by Crippen LogP contribution is -2.33. The molecule has 37 heavy (non-hydrogen) atoms. The van der Waals surface area contributed by atoms with E-state index in [-0.39, 0.29) is 21.6 Å². The molecule has 3 rings (SSSR count). The Morgan fingerprint density at radius 3 is 1.38 bits per heavy atom. The van der Waals surface area contributed by atoms with Crippen LogP contribution in [0.3, 0.4) is 0 Å². The zero-order valence-corrected chi connectivity index (χ0v) is 23.9. The summed E-state index contributed by atoms with van der Waals surface area (Å²) in [5, 5.41) is 1.42. The summed E-state index contributed by atoms with van der Waals surface area (Å²) in [6, 6.07) is 10.1. The van der Waals surface area contributed by atoms with Gasteiger partial charge in [-0.05, 0) is 64.8 Å². The average Bonchev–Trinajstić information content (AvgIpc) is 3.21. The number of benzene rings is 2. The Morgan fingerprint density at radius 1 is 0.676 bits per heavy atom. The summed E-state index contributed by atoms with van der Waals surface area (Å²) < 4.78 is 79.5. The van der Waals surface area contributed by atoms with E-state index in [0.717, 1.165) is 29.8 Å². The minimum atomic E-state index is -4.47. The van der Waals surface area contributed by atoms with Crippen molar-refractivity contribution in [1.29, 1.82) is 0 Å². The molecule has 1 radical (unpaired) electrons. The Balaban J connectivity index is 2.11. The standard InChI is InChI=1S/C29H33F6P2/c1-19(37(26(2,3)4)27(5,6)7)24-9-8-10-25(24)36(22-15-11-20(12-16-22)28(30,31)32)23-17-13-21(14-18-23)29(33,34)35/h8,10-19,25H,1-7H3/t19-,25?/m1/s1. The summed E-state index contributed by atoms with van der Waals surface area (Å²) in [6.45, 7) is 15.6. The topological polar surface area (TPSA) is 0 Å². The number of allylic oxidation sites excluding steroid dienone is 4. The smallest absolute Gasteiger partial charge is 0.166 e. The third-order valence-corrected chi connectivity index (χ3v) is 13.0. The number of alkyl halides is 6. The molecule has 0 spiro atoms. The molecular formula is C29H33F6P2. The second-order valence-electron chi connectivity index (χ2n) is 11.3. The van der Waals surface area contributed by atoms with Gasteiger partial charge in [-0.15, -0.1) is 0 Å². The first kappa shape index (κ1) is 29.9. The van der Waals surface area contributed by atoms with Crippen molar-refractivity contribution in [2.24, 2.45) is 0 Å². The van der Waals surface area contributed by atoms with Crippen molar-refractivity contribution in [3.05, 3.63) is 83.5 Å². The fourth-order valence-electron chi connectivity index (χ4n) is 5.42. The minimum absolute atomic E-state index is 0.0281. The molecule has 1 unspecified atom stereocenters. The average molecular weight is 558 g/mol. The predicted molar refractivity (Wildman–Crippen MR) is 145 cm³/mol. The van der Waals surface area contributed by atoms with E-state index in [1.165, 1.54) is 24.3 Å². The Morgan fingerprint density at radius 2 is 1.05 bits per heavy atom. The van der Waals surface area contributed by atoms with Gasteiger partial charge in [0, 0.05) is 11.3 Å². The second kappa shape index (κ2) is 10.5. The highest BCUT2D eigenvalue weighted by molar-refractivity contribution is 7.74. The van der Waals surface area contributed by atoms with E-state index in [9.17, 15) is 26.3 Å². The number of hydrogen-bond acceptors (Lipinski definition) is 0. The van der Waals surface area contributed by atoms with E-state index in [1.807, 2.05) is 12.2 Å². The molecule has 0 aliphatic heterocycles. The van der Waals surface area contributed by atoms with Gasteiger partial charge < -0.3 is 0 Å². The van der Waals surface area contributed by atoms with Crippen LogP contribution in [0.2, 0.25) is 0 Å². The molecule has 0 amide bonds. The Labute approximate surface area is 218 Å². The highest BCUT2D eigenvalue weighted by Gasteiger charge is 2.42. The first-order valence-corrected chi connectivity index (χ1v) is 14.9. The van der Waals surface area contributed by atoms with Crippen LogP contribution in [0.4, 0.5) is 26.3 Å². The third-order valence-electron chi connectivity index (χ3n) is 6.35. The Hall–Kier alpha value is -1.64. The maximum absolute atomic E-state index is 13.3. The van der Waals surface area contributed by atoms with Crippen molar-refractivity contribution < 1.29 is 26.3 Å². The van der Waals surface area contributed by atoms with Crippen molar-refractivity contribution in [3.8, 4) is 0 Å². The molecule has 8 heteroatoms. The van der Waals surface area contributed by atoms with Crippen LogP contribution >= 0.6 is 15.8 Å². The van der Waals surface area contributed by atoms with Gasteiger partial charge in [-0.2, -0.15) is 26.3 Å². The van der Waals surface area contributed by atoms with Gasteiger partial charge in [0.2, 0.25) is 0 Å². The summed E-state index contributed by atoms with van der Waals surface area (Å²) in [5.74, 6) is 0. The second-order valence-corrected chi connectivity index (χ2v) is 17.8. The largest absolute Gasteiger partial charge is 0.416 e. The van der Waals surface area contributed by atoms with Crippen molar-refractivity contribution in [3.63, 3.8) is 0 Å². The molecule has 1 aliphatic rings. The lowest BCUT2D eigenvalue weighted by Gasteiger charge is -2.47. The summed E-state index contributed by atoms with van der Waals surface area (Å²) in [4.78, 5) is 0. The van der Waals surface area contributed by atoms with Gasteiger partial charge in [-0.1, -0.05) is 92.8 Å². The van der Waals surface area contributed by atoms with Crippen molar-refractivity contribution in [1.82, 2.24) is 0 Å². The number of rotatable bonds is 5. The maximum Gasteiger partial charge on any atom is 0.416 e. The monoisotopic (exact) mass is 557 g/mol. The summed E-state index contributed by atoms with van der Waals surface area (Å²) >= 11 is 0. The molecule has 0 heterocycles. The fourth-order valence-corrected chi connectivity index (χ4v) is 13.1. The van der Waals surface area contributed by atoms with Crippen LogP contribution in [-0.2, 0) is 12.4 Å². The van der Waals surface area contributed by atoms with E-state index in [2.05, 4.69) is 54.5 Å². The molecule has 2 aromatic carbocycles. The van der Waals surface area contributed by atoms with Crippen molar-refractivity contribution >= 4 is 26.5 Å². The summed E-state index contributed by atoms with van der Waals surface area (Å²) in [7, 11) is -1.90. The zero-order valence-electron chi connectivity index (χ0n) is 22.1. The van der Waals surface area contributed by atoms with Crippen LogP contribution in [0, 0.1) is 6.08 Å². The van der Waals surface area contributed by atoms with Crippen LogP contribution in [0.15, 0.2) is 66.3 Å². The van der Waals surface area contributed by atoms with E-state index >= 15 is 0 Å². The highest BCUT2D eigenvalue weighted by Crippen LogP contribution is 2.65. The summed E-state index contributed by atoms with van der Waals surface area (Å²) in [5.41, 5.74) is -0.445. The van der Waals surface area contributed by atoms with Gasteiger partial charge >= 0.3 is 12.4 Å². The molecule has 2 atom stereocenters. The Bertz CT molecular complexity index is 1060. The zero-order chi connectivity index (χ0) is 28.0. The van der Waals surface area contributed by atoms with Crippen LogP contribution in [0.25, 0.3) is 0 Å². The van der Waals surface area contributed by atoms with E-state index < -0.39 is 39.3 Å². The third kappa shape index (κ3) is 6.87. The van der Waals surface area contributed by atoms with Gasteiger partial charge in [-0.3, -0.25) is 0 Å². The van der Waals surface area contributed by atoms with Gasteiger partial charge in [0.25, 0.3) is 0 Å². The first-order chi connectivity index (χ1) is 16.8. The van der Waals surface area contributed by atoms with Crippen LogP contribution < -0.4 is 10.6 Å². The SMILES string of the molecule is C[C@H](C1=[C]C=CC1P(c1ccc(C(F)(F)F)cc1)c1ccc(C(F)(F)F)cc1)P(C(C)(C)C)C(C)(C)C. The highest BCUT2D eigenvalue weighted by atomic mass is 31.1. The molecule has 0 bridgehead atoms. The van der Waals surface area contributed by atoms with Crippen LogP contribution in [0.5, 0.6) is 0 Å². The minimum Gasteiger partial charge on any atom is -0.166 e. The van der Waals surface area contributed by atoms with E-state index in [4.69, 9.17) is 0 Å². The van der Waals surface area contributed by atoms with Gasteiger partial charge in [0.15, 0.2) is 0 Å². The molecule has 0 saturated heterocycles. The first-order valence-electron chi connectivity index (χ1n) is 12.0. The molecule has 0 N–H and O–H groups in total. The fraction of sp³-hybridized carbons (Fsp3) is 0.448. The quantitative estimate of drug-likeness (QED) is 0.254. The molecule has 0 aromatic heterocycles. The van der Waals surface area contributed by atoms with Crippen molar-refractivity contribution in [2.75, 3.05) is 0 Å². The van der Waals surface area contributed by atoms with Gasteiger partial charge in [-0.25, -0.2) is 0 Å². The van der Waals surface area contributed by atoms with Crippen LogP contribution in [0.1, 0.15) is 59.6 Å². The number of halogens is 6. The summed E-state index contributed by atoms with van der Waals surface area (Å²) in [6.07, 6.45) is -1.64. The van der Waals surface area contributed by atoms with E-state index in [0.29, 0.717) is 10.6 Å². The molecule has 201 valence electrons. The van der Waals surface area contributed by atoms with Gasteiger partial charge in [0.1, 0.15) is 0 Å². The normalized spacial score (nSPS) is 18.0. The number of hydrogen-bond donors (Lipinski definition) is 0.